The van der Waals surface area contributed by atoms with Crippen molar-refractivity contribution in [3.8, 4) is 5.75 Å². The van der Waals surface area contributed by atoms with E-state index in [0.29, 0.717) is 5.75 Å². The van der Waals surface area contributed by atoms with Crippen LogP contribution in [0.4, 0.5) is 0 Å². The fourth-order valence-corrected chi connectivity index (χ4v) is 1.11. The second-order valence-corrected chi connectivity index (χ2v) is 3.77. The lowest BCUT2D eigenvalue weighted by Crippen LogP contribution is -2.10. The van der Waals surface area contributed by atoms with Gasteiger partial charge in [-0.2, -0.15) is 0 Å². The molecule has 2 heteroatoms. The van der Waals surface area contributed by atoms with Crippen LogP contribution in [0.1, 0.15) is 26.3 Å². The average Bonchev–Trinajstić information content (AvgIpc) is 2.07. The van der Waals surface area contributed by atoms with Crippen LogP contribution in [0.15, 0.2) is 24.3 Å². The minimum Gasteiger partial charge on any atom is -0.508 e. The molecule has 0 bridgehead atoms. The third kappa shape index (κ3) is 3.47. The standard InChI is InChI=1S/C10H14O.CH4O/c1-10(2,3)8-6-4-5-7-9(8)11;1-2/h4-7,11H,1-3H3;2H,1H3. The van der Waals surface area contributed by atoms with Crippen LogP contribution in [-0.4, -0.2) is 17.3 Å². The molecule has 0 fully saturated rings. The second-order valence-electron chi connectivity index (χ2n) is 3.77. The van der Waals surface area contributed by atoms with E-state index in [-0.39, 0.29) is 5.41 Å². The fraction of sp³-hybridized carbons (Fsp3) is 0.455. The van der Waals surface area contributed by atoms with E-state index in [0.717, 1.165) is 12.7 Å². The molecule has 0 saturated heterocycles. The Kier molecular flexibility index (Phi) is 4.49. The van der Waals surface area contributed by atoms with Crippen molar-refractivity contribution in [2.45, 2.75) is 26.2 Å². The van der Waals surface area contributed by atoms with Gasteiger partial charge in [0, 0.05) is 7.11 Å². The highest BCUT2D eigenvalue weighted by molar-refractivity contribution is 5.36. The maximum absolute atomic E-state index is 9.45. The molecule has 13 heavy (non-hydrogen) atoms. The molecule has 0 aromatic heterocycles. The number of phenolic OH excluding ortho intramolecular Hbond substituents is 1. The Morgan fingerprint density at radius 2 is 1.46 bits per heavy atom. The molecule has 0 aliphatic heterocycles. The van der Waals surface area contributed by atoms with Crippen molar-refractivity contribution in [1.29, 1.82) is 0 Å². The van der Waals surface area contributed by atoms with Gasteiger partial charge in [-0.05, 0) is 17.0 Å². The van der Waals surface area contributed by atoms with Crippen molar-refractivity contribution in [2.75, 3.05) is 7.11 Å². The van der Waals surface area contributed by atoms with Crippen LogP contribution in [-0.2, 0) is 5.41 Å². The number of phenols is 1. The first-order chi connectivity index (χ1) is 6.02. The molecule has 0 amide bonds. The first-order valence-corrected chi connectivity index (χ1v) is 4.25. The van der Waals surface area contributed by atoms with E-state index in [9.17, 15) is 5.11 Å². The Morgan fingerprint density at radius 3 is 1.77 bits per heavy atom. The summed E-state index contributed by atoms with van der Waals surface area (Å²) in [5, 5.41) is 16.4. The number of aromatic hydroxyl groups is 1. The smallest absolute Gasteiger partial charge is 0.119 e. The highest BCUT2D eigenvalue weighted by Gasteiger charge is 2.16. The Hall–Kier alpha value is -1.02. The molecular formula is C11H18O2. The lowest BCUT2D eigenvalue weighted by atomic mass is 9.86. The topological polar surface area (TPSA) is 40.5 Å². The Bertz CT molecular complexity index is 249. The average molecular weight is 182 g/mol. The number of hydrogen-bond donors (Lipinski definition) is 2. The van der Waals surface area contributed by atoms with Crippen molar-refractivity contribution in [3.63, 3.8) is 0 Å². The van der Waals surface area contributed by atoms with Gasteiger partial charge < -0.3 is 10.2 Å². The van der Waals surface area contributed by atoms with Crippen LogP contribution in [0.3, 0.4) is 0 Å². The van der Waals surface area contributed by atoms with Crippen LogP contribution in [0.2, 0.25) is 0 Å². The molecule has 2 N–H and O–H groups in total. The van der Waals surface area contributed by atoms with Crippen molar-refractivity contribution in [2.24, 2.45) is 0 Å². The minimum atomic E-state index is 0.0331. The zero-order valence-electron chi connectivity index (χ0n) is 8.70. The molecule has 0 spiro atoms. The summed E-state index contributed by atoms with van der Waals surface area (Å²) < 4.78 is 0. The Labute approximate surface area is 79.9 Å². The number of hydrogen-bond acceptors (Lipinski definition) is 2. The molecule has 74 valence electrons. The van der Waals surface area contributed by atoms with E-state index in [1.54, 1.807) is 6.07 Å². The normalized spacial score (nSPS) is 10.2. The van der Waals surface area contributed by atoms with E-state index >= 15 is 0 Å². The maximum atomic E-state index is 9.45. The number of para-hydroxylation sites is 1. The molecule has 1 aromatic carbocycles. The number of aliphatic hydroxyl groups excluding tert-OH is 1. The van der Waals surface area contributed by atoms with E-state index in [2.05, 4.69) is 20.8 Å². The van der Waals surface area contributed by atoms with Gasteiger partial charge in [0.25, 0.3) is 0 Å². The predicted molar refractivity (Wildman–Crippen MR) is 54.9 cm³/mol. The summed E-state index contributed by atoms with van der Waals surface area (Å²) in [7, 11) is 1.00. The summed E-state index contributed by atoms with van der Waals surface area (Å²) in [4.78, 5) is 0. The van der Waals surface area contributed by atoms with Crippen LogP contribution in [0.25, 0.3) is 0 Å². The molecule has 2 nitrogen and oxygen atoms in total. The van der Waals surface area contributed by atoms with E-state index in [4.69, 9.17) is 5.11 Å². The number of benzene rings is 1. The first-order valence-electron chi connectivity index (χ1n) is 4.25. The molecular weight excluding hydrogens is 164 g/mol. The summed E-state index contributed by atoms with van der Waals surface area (Å²) >= 11 is 0. The summed E-state index contributed by atoms with van der Waals surface area (Å²) in [6.07, 6.45) is 0. The van der Waals surface area contributed by atoms with E-state index in [1.807, 2.05) is 18.2 Å². The fourth-order valence-electron chi connectivity index (χ4n) is 1.11. The van der Waals surface area contributed by atoms with Gasteiger partial charge in [0.05, 0.1) is 0 Å². The molecule has 0 atom stereocenters. The van der Waals surface area contributed by atoms with Crippen LogP contribution >= 0.6 is 0 Å². The lowest BCUT2D eigenvalue weighted by molar-refractivity contribution is 0.399. The van der Waals surface area contributed by atoms with Crippen LogP contribution in [0.5, 0.6) is 5.75 Å². The molecule has 1 aromatic rings. The molecule has 0 heterocycles. The first kappa shape index (κ1) is 12.0. The second kappa shape index (κ2) is 4.87. The SMILES string of the molecule is CC(C)(C)c1ccccc1O.CO. The lowest BCUT2D eigenvalue weighted by Gasteiger charge is -2.19. The van der Waals surface area contributed by atoms with Gasteiger partial charge in [-0.25, -0.2) is 0 Å². The van der Waals surface area contributed by atoms with Crippen LogP contribution < -0.4 is 0 Å². The van der Waals surface area contributed by atoms with Gasteiger partial charge in [-0.15, -0.1) is 0 Å². The van der Waals surface area contributed by atoms with E-state index < -0.39 is 0 Å². The highest BCUT2D eigenvalue weighted by Crippen LogP contribution is 2.29. The van der Waals surface area contributed by atoms with Crippen molar-refractivity contribution < 1.29 is 10.2 Å². The third-order valence-electron chi connectivity index (χ3n) is 1.71. The Balaban J connectivity index is 0.000000671. The summed E-state index contributed by atoms with van der Waals surface area (Å²) in [5.74, 6) is 0.389. The molecule has 0 radical (unpaired) electrons. The van der Waals surface area contributed by atoms with Gasteiger partial charge in [-0.3, -0.25) is 0 Å². The quantitative estimate of drug-likeness (QED) is 0.646. The van der Waals surface area contributed by atoms with Crippen molar-refractivity contribution >= 4 is 0 Å². The van der Waals surface area contributed by atoms with Crippen molar-refractivity contribution in [1.82, 2.24) is 0 Å². The molecule has 1 rings (SSSR count). The van der Waals surface area contributed by atoms with Gasteiger partial charge in [0.1, 0.15) is 5.75 Å². The van der Waals surface area contributed by atoms with Gasteiger partial charge >= 0.3 is 0 Å². The molecule has 0 saturated carbocycles. The summed E-state index contributed by atoms with van der Waals surface area (Å²) in [6, 6.07) is 7.46. The zero-order valence-corrected chi connectivity index (χ0v) is 8.70. The largest absolute Gasteiger partial charge is 0.508 e. The number of rotatable bonds is 0. The highest BCUT2D eigenvalue weighted by atomic mass is 16.3. The maximum Gasteiger partial charge on any atom is 0.119 e. The predicted octanol–water partition coefficient (Wildman–Crippen LogP) is 2.30. The van der Waals surface area contributed by atoms with Crippen molar-refractivity contribution in [3.05, 3.63) is 29.8 Å². The zero-order chi connectivity index (χ0) is 10.5. The summed E-state index contributed by atoms with van der Waals surface area (Å²) in [6.45, 7) is 6.26. The summed E-state index contributed by atoms with van der Waals surface area (Å²) in [5.41, 5.74) is 1.03. The van der Waals surface area contributed by atoms with Gasteiger partial charge in [-0.1, -0.05) is 39.0 Å². The molecule has 0 aliphatic rings. The minimum absolute atomic E-state index is 0.0331. The van der Waals surface area contributed by atoms with Gasteiger partial charge in [0.2, 0.25) is 0 Å². The number of aliphatic hydroxyl groups is 1. The molecule has 0 unspecified atom stereocenters. The van der Waals surface area contributed by atoms with Gasteiger partial charge in [0.15, 0.2) is 0 Å². The third-order valence-corrected chi connectivity index (χ3v) is 1.71. The van der Waals surface area contributed by atoms with E-state index in [1.165, 1.54) is 0 Å². The monoisotopic (exact) mass is 182 g/mol. The van der Waals surface area contributed by atoms with Crippen LogP contribution in [0, 0.1) is 0 Å². The molecule has 0 aliphatic carbocycles. The Morgan fingerprint density at radius 1 is 1.00 bits per heavy atom.